The summed E-state index contributed by atoms with van der Waals surface area (Å²) >= 11 is 0. The molecule has 2 aromatic carbocycles. The van der Waals surface area contributed by atoms with E-state index >= 15 is 0 Å². The van der Waals surface area contributed by atoms with E-state index in [1.54, 1.807) is 18.2 Å². The topological polar surface area (TPSA) is 76.0 Å². The molecule has 0 radical (unpaired) electrons. The largest absolute Gasteiger partial charge is 0.508 e. The van der Waals surface area contributed by atoms with Crippen LogP contribution in [0.5, 0.6) is 23.0 Å². The molecule has 0 amide bonds. The minimum absolute atomic E-state index is 0.0238. The van der Waals surface area contributed by atoms with Gasteiger partial charge >= 0.3 is 5.97 Å². The van der Waals surface area contributed by atoms with E-state index in [2.05, 4.69) is 6.58 Å². The number of hydrogen-bond acceptors (Lipinski definition) is 5. The minimum atomic E-state index is -1.22. The van der Waals surface area contributed by atoms with Crippen molar-refractivity contribution in [2.75, 3.05) is 0 Å². The van der Waals surface area contributed by atoms with Crippen LogP contribution < -0.4 is 4.74 Å². The first-order valence-electron chi connectivity index (χ1n) is 8.09. The summed E-state index contributed by atoms with van der Waals surface area (Å²) in [5, 5.41) is 19.7. The predicted octanol–water partition coefficient (Wildman–Crippen LogP) is 4.06. The lowest BCUT2D eigenvalue weighted by Crippen LogP contribution is -2.32. The van der Waals surface area contributed by atoms with Crippen molar-refractivity contribution in [3.05, 3.63) is 83.5 Å². The number of esters is 1. The fourth-order valence-corrected chi connectivity index (χ4v) is 3.62. The Labute approximate surface area is 150 Å². The Morgan fingerprint density at radius 2 is 1.62 bits per heavy atom. The van der Waals surface area contributed by atoms with E-state index in [1.807, 2.05) is 13.0 Å². The molecule has 5 heteroatoms. The van der Waals surface area contributed by atoms with Crippen molar-refractivity contribution in [3.63, 3.8) is 0 Å². The summed E-state index contributed by atoms with van der Waals surface area (Å²) in [6.45, 7) is 5.50. The third-order valence-electron chi connectivity index (χ3n) is 4.62. The minimum Gasteiger partial charge on any atom is -0.508 e. The van der Waals surface area contributed by atoms with Crippen LogP contribution >= 0.6 is 0 Å². The zero-order valence-corrected chi connectivity index (χ0v) is 14.0. The van der Waals surface area contributed by atoms with Crippen molar-refractivity contribution in [2.45, 2.75) is 12.5 Å². The Balaban J connectivity index is 2.10. The Morgan fingerprint density at radius 1 is 1.04 bits per heavy atom. The van der Waals surface area contributed by atoms with Crippen LogP contribution in [-0.2, 0) is 15.1 Å². The van der Waals surface area contributed by atoms with Crippen LogP contribution in [-0.4, -0.2) is 16.2 Å². The molecule has 0 aromatic heterocycles. The van der Waals surface area contributed by atoms with Crippen LogP contribution in [0.1, 0.15) is 18.1 Å². The highest BCUT2D eigenvalue weighted by Gasteiger charge is 2.55. The molecule has 2 aromatic rings. The summed E-state index contributed by atoms with van der Waals surface area (Å²) in [5.74, 6) is 0.287. The van der Waals surface area contributed by atoms with Crippen molar-refractivity contribution in [1.82, 2.24) is 0 Å². The summed E-state index contributed by atoms with van der Waals surface area (Å²) in [7, 11) is 0. The van der Waals surface area contributed by atoms with Gasteiger partial charge in [0, 0.05) is 28.8 Å². The highest BCUT2D eigenvalue weighted by Crippen LogP contribution is 2.58. The smallest absolute Gasteiger partial charge is 0.340 e. The van der Waals surface area contributed by atoms with Gasteiger partial charge in [-0.25, -0.2) is 4.79 Å². The zero-order chi connectivity index (χ0) is 18.5. The van der Waals surface area contributed by atoms with E-state index in [0.717, 1.165) is 0 Å². The molecule has 2 aliphatic heterocycles. The SMILES string of the molecule is C=C/C=C1/C(=O)OC2(/C1=C/C)c1ccc(O)cc1Oc1cc(O)ccc12. The number of phenolic OH excluding ortho intramolecular Hbond substituents is 2. The standard InChI is InChI=1S/C21H16O5/c1-3-5-14-15(4-2)21(26-20(14)24)16-8-6-12(22)10-18(16)25-19-11-13(23)7-9-17(19)21/h3-11,22-23H,1H2,2H3/b14-5+,15-4+. The molecule has 0 atom stereocenters. The van der Waals surface area contributed by atoms with E-state index in [9.17, 15) is 15.0 Å². The van der Waals surface area contributed by atoms with Crippen molar-refractivity contribution >= 4 is 5.97 Å². The van der Waals surface area contributed by atoms with Gasteiger partial charge in [-0.05, 0) is 37.3 Å². The molecular weight excluding hydrogens is 332 g/mol. The molecule has 1 spiro atoms. The molecule has 26 heavy (non-hydrogen) atoms. The van der Waals surface area contributed by atoms with E-state index in [-0.39, 0.29) is 11.5 Å². The van der Waals surface area contributed by atoms with Crippen molar-refractivity contribution in [3.8, 4) is 23.0 Å². The Morgan fingerprint density at radius 3 is 2.12 bits per heavy atom. The number of carbonyl (C=O) groups excluding carboxylic acids is 1. The van der Waals surface area contributed by atoms with Gasteiger partial charge in [0.05, 0.1) is 5.57 Å². The molecular formula is C21H16O5. The van der Waals surface area contributed by atoms with E-state index < -0.39 is 11.6 Å². The van der Waals surface area contributed by atoms with Crippen LogP contribution in [0.3, 0.4) is 0 Å². The number of hydrogen-bond donors (Lipinski definition) is 2. The van der Waals surface area contributed by atoms with Crippen LogP contribution in [0.2, 0.25) is 0 Å². The van der Waals surface area contributed by atoms with Gasteiger partial charge in [-0.15, -0.1) is 0 Å². The summed E-state index contributed by atoms with van der Waals surface area (Å²) in [6.07, 6.45) is 4.97. The second kappa shape index (κ2) is 5.52. The quantitative estimate of drug-likeness (QED) is 0.600. The first kappa shape index (κ1) is 16.0. The number of rotatable bonds is 1. The molecule has 1 saturated heterocycles. The second-order valence-corrected chi connectivity index (χ2v) is 6.05. The van der Waals surface area contributed by atoms with E-state index in [1.165, 1.54) is 30.3 Å². The fraction of sp³-hybridized carbons (Fsp3) is 0.0952. The monoisotopic (exact) mass is 348 g/mol. The second-order valence-electron chi connectivity index (χ2n) is 6.05. The van der Waals surface area contributed by atoms with Crippen molar-refractivity contribution in [2.24, 2.45) is 0 Å². The van der Waals surface area contributed by atoms with Crippen LogP contribution in [0.4, 0.5) is 0 Å². The Bertz CT molecular complexity index is 962. The molecule has 2 aliphatic rings. The van der Waals surface area contributed by atoms with Gasteiger partial charge in [0.1, 0.15) is 23.0 Å². The zero-order valence-electron chi connectivity index (χ0n) is 14.0. The van der Waals surface area contributed by atoms with Crippen molar-refractivity contribution in [1.29, 1.82) is 0 Å². The molecule has 0 aliphatic carbocycles. The van der Waals surface area contributed by atoms with Gasteiger partial charge in [-0.2, -0.15) is 0 Å². The lowest BCUT2D eigenvalue weighted by molar-refractivity contribution is -0.143. The average Bonchev–Trinajstić information content (AvgIpc) is 2.87. The highest BCUT2D eigenvalue weighted by atomic mass is 16.6. The molecule has 2 N–H and O–H groups in total. The molecule has 4 rings (SSSR count). The molecule has 2 heterocycles. The molecule has 0 unspecified atom stereocenters. The number of fused-ring (bicyclic) bond motifs is 4. The maximum Gasteiger partial charge on any atom is 0.340 e. The number of benzene rings is 2. The van der Waals surface area contributed by atoms with Gasteiger partial charge in [0.2, 0.25) is 0 Å². The maximum atomic E-state index is 12.6. The summed E-state index contributed by atoms with van der Waals surface area (Å²) in [6, 6.07) is 9.31. The molecule has 130 valence electrons. The summed E-state index contributed by atoms with van der Waals surface area (Å²) < 4.78 is 11.8. The van der Waals surface area contributed by atoms with Gasteiger partial charge in [0.25, 0.3) is 0 Å². The number of aromatic hydroxyl groups is 2. The lowest BCUT2D eigenvalue weighted by Gasteiger charge is -2.36. The maximum absolute atomic E-state index is 12.6. The normalized spacial score (nSPS) is 19.8. The predicted molar refractivity (Wildman–Crippen MR) is 95.2 cm³/mol. The molecule has 0 bridgehead atoms. The first-order chi connectivity index (χ1) is 12.5. The van der Waals surface area contributed by atoms with Gasteiger partial charge in [-0.1, -0.05) is 18.7 Å². The number of allylic oxidation sites excluding steroid dienone is 3. The summed E-state index contributed by atoms with van der Waals surface area (Å²) in [5.41, 5.74) is 1.04. The molecule has 5 nitrogen and oxygen atoms in total. The Kier molecular flexibility index (Phi) is 3.40. The number of ether oxygens (including phenoxy) is 2. The third kappa shape index (κ3) is 2.00. The third-order valence-corrected chi connectivity index (χ3v) is 4.62. The Hall–Kier alpha value is -3.47. The molecule has 1 fully saturated rings. The average molecular weight is 348 g/mol. The highest BCUT2D eigenvalue weighted by molar-refractivity contribution is 6.00. The van der Waals surface area contributed by atoms with Gasteiger partial charge < -0.3 is 19.7 Å². The van der Waals surface area contributed by atoms with Crippen LogP contribution in [0, 0.1) is 0 Å². The van der Waals surface area contributed by atoms with Gasteiger partial charge in [0.15, 0.2) is 5.60 Å². The van der Waals surface area contributed by atoms with Crippen molar-refractivity contribution < 1.29 is 24.5 Å². The number of carbonyl (C=O) groups is 1. The molecule has 0 saturated carbocycles. The lowest BCUT2D eigenvalue weighted by atomic mass is 9.76. The fourth-order valence-electron chi connectivity index (χ4n) is 3.62. The van der Waals surface area contributed by atoms with E-state index in [4.69, 9.17) is 9.47 Å². The van der Waals surface area contributed by atoms with Gasteiger partial charge in [-0.3, -0.25) is 0 Å². The summed E-state index contributed by atoms with van der Waals surface area (Å²) in [4.78, 5) is 12.6. The van der Waals surface area contributed by atoms with E-state index in [0.29, 0.717) is 33.8 Å². The number of phenols is 2. The van der Waals surface area contributed by atoms with Crippen LogP contribution in [0.15, 0.2) is 72.4 Å². The first-order valence-corrected chi connectivity index (χ1v) is 8.09. The van der Waals surface area contributed by atoms with Crippen LogP contribution in [0.25, 0.3) is 0 Å².